The van der Waals surface area contributed by atoms with Gasteiger partial charge in [0.15, 0.2) is 0 Å². The number of rotatable bonds is 8. The van der Waals surface area contributed by atoms with Crippen molar-refractivity contribution in [2.75, 3.05) is 23.3 Å². The molecule has 0 fully saturated rings. The number of nitrogens with one attached hydrogen (secondary N) is 3. The molecule has 37 heavy (non-hydrogen) atoms. The maximum Gasteiger partial charge on any atom is 0.413 e. The molecule has 1 amide bonds. The number of hydrogen-bond acceptors (Lipinski definition) is 5. The lowest BCUT2D eigenvalue weighted by Crippen LogP contribution is -2.29. The lowest BCUT2D eigenvalue weighted by Gasteiger charge is -2.19. The van der Waals surface area contributed by atoms with Crippen molar-refractivity contribution in [2.24, 2.45) is 0 Å². The van der Waals surface area contributed by atoms with Gasteiger partial charge in [0, 0.05) is 28.9 Å². The van der Waals surface area contributed by atoms with E-state index < -0.39 is 16.1 Å². The van der Waals surface area contributed by atoms with Gasteiger partial charge in [-0.25, -0.2) is 13.2 Å². The van der Waals surface area contributed by atoms with E-state index >= 15 is 0 Å². The number of fused-ring (bicyclic) bond motifs is 1. The Labute approximate surface area is 222 Å². The second-order valence-electron chi connectivity index (χ2n) is 9.64. The third-order valence-electron chi connectivity index (χ3n) is 5.88. The first kappa shape index (κ1) is 26.6. The quantitative estimate of drug-likeness (QED) is 0.226. The predicted molar refractivity (Wildman–Crippen MR) is 152 cm³/mol. The summed E-state index contributed by atoms with van der Waals surface area (Å²) in [6.45, 7) is 6.73. The first-order valence-corrected chi connectivity index (χ1v) is 14.8. The van der Waals surface area contributed by atoms with Crippen molar-refractivity contribution in [1.82, 2.24) is 10.3 Å². The topological polar surface area (TPSA) is 100 Å². The molecule has 0 aliphatic carbocycles. The number of carbonyl (C=O) groups excluding carboxylic acids is 1. The smallest absolute Gasteiger partial charge is 0.393 e. The van der Waals surface area contributed by atoms with Crippen LogP contribution in [0.4, 0.5) is 10.5 Å². The number of aromatic amines is 1. The Morgan fingerprint density at radius 1 is 1.00 bits per heavy atom. The third kappa shape index (κ3) is 6.29. The Hall–Kier alpha value is -3.43. The summed E-state index contributed by atoms with van der Waals surface area (Å²) in [5, 5.41) is 3.46. The highest BCUT2D eigenvalue weighted by atomic mass is 32.2. The molecule has 4 aromatic rings. The van der Waals surface area contributed by atoms with Gasteiger partial charge in [0.25, 0.3) is 10.0 Å². The van der Waals surface area contributed by atoms with Crippen LogP contribution in [0, 0.1) is 0 Å². The second-order valence-corrected chi connectivity index (χ2v) is 12.3. The molecule has 7 nitrogen and oxygen atoms in total. The number of anilines is 1. The summed E-state index contributed by atoms with van der Waals surface area (Å²) in [5.41, 5.74) is 3.60. The fourth-order valence-electron chi connectivity index (χ4n) is 3.93. The zero-order chi connectivity index (χ0) is 26.6. The van der Waals surface area contributed by atoms with Crippen molar-refractivity contribution in [1.29, 1.82) is 0 Å². The minimum atomic E-state index is -3.80. The van der Waals surface area contributed by atoms with Crippen molar-refractivity contribution < 1.29 is 17.9 Å². The molecule has 0 spiro atoms. The summed E-state index contributed by atoms with van der Waals surface area (Å²) in [4.78, 5) is 15.7. The molecule has 0 aliphatic heterocycles. The Morgan fingerprint density at radius 2 is 1.70 bits per heavy atom. The molecule has 0 aliphatic rings. The minimum Gasteiger partial charge on any atom is -0.393 e. The van der Waals surface area contributed by atoms with Gasteiger partial charge in [0.05, 0.1) is 10.5 Å². The van der Waals surface area contributed by atoms with Crippen LogP contribution in [0.2, 0.25) is 0 Å². The molecular formula is C28H31N3O4S2. The number of sulfonamides is 1. The standard InChI is InChI=1S/C28H31N3O4S2/c1-28(2,3)20-10-13-22(14-11-20)37(33,34)31-21-12-15-24-23(18-21)25(19-8-6-5-7-9-19)26(30-24)35-27(32)29-16-17-36-4/h5-15,18,30-31H,16-17H2,1-4H3,(H,29,32). The largest absolute Gasteiger partial charge is 0.413 e. The van der Waals surface area contributed by atoms with Crippen LogP contribution in [0.15, 0.2) is 77.7 Å². The fraction of sp³-hybridized carbons (Fsp3) is 0.250. The van der Waals surface area contributed by atoms with Gasteiger partial charge >= 0.3 is 6.09 Å². The normalized spacial score (nSPS) is 11.9. The SMILES string of the molecule is CSCCNC(=O)Oc1[nH]c2ccc(NS(=O)(=O)c3ccc(C(C)(C)C)cc3)cc2c1-c1ccccc1. The van der Waals surface area contributed by atoms with Gasteiger partial charge in [-0.1, -0.05) is 63.2 Å². The Morgan fingerprint density at radius 3 is 2.35 bits per heavy atom. The third-order valence-corrected chi connectivity index (χ3v) is 7.89. The van der Waals surface area contributed by atoms with Crippen LogP contribution in [-0.2, 0) is 15.4 Å². The number of thioether (sulfide) groups is 1. The molecule has 194 valence electrons. The molecule has 9 heteroatoms. The summed E-state index contributed by atoms with van der Waals surface area (Å²) in [6.07, 6.45) is 1.41. The van der Waals surface area contributed by atoms with Crippen LogP contribution in [-0.4, -0.2) is 38.0 Å². The van der Waals surface area contributed by atoms with E-state index in [4.69, 9.17) is 4.74 Å². The fourth-order valence-corrected chi connectivity index (χ4v) is 5.29. The van der Waals surface area contributed by atoms with Gasteiger partial charge in [-0.2, -0.15) is 11.8 Å². The number of hydrogen-bond donors (Lipinski definition) is 3. The van der Waals surface area contributed by atoms with Gasteiger partial charge in [-0.15, -0.1) is 0 Å². The summed E-state index contributed by atoms with van der Waals surface area (Å²) < 4.78 is 34.6. The summed E-state index contributed by atoms with van der Waals surface area (Å²) >= 11 is 1.63. The van der Waals surface area contributed by atoms with Gasteiger partial charge in [0.1, 0.15) is 0 Å². The molecule has 0 saturated carbocycles. The Kier molecular flexibility index (Phi) is 7.85. The van der Waals surface area contributed by atoms with Crippen LogP contribution in [0.1, 0.15) is 26.3 Å². The average molecular weight is 538 g/mol. The minimum absolute atomic E-state index is 0.0749. The zero-order valence-corrected chi connectivity index (χ0v) is 22.9. The van der Waals surface area contributed by atoms with E-state index in [1.54, 1.807) is 42.1 Å². The number of ether oxygens (including phenoxy) is 1. The van der Waals surface area contributed by atoms with Gasteiger partial charge < -0.3 is 15.0 Å². The van der Waals surface area contributed by atoms with Crippen LogP contribution in [0.25, 0.3) is 22.0 Å². The van der Waals surface area contributed by atoms with E-state index in [2.05, 4.69) is 35.8 Å². The highest BCUT2D eigenvalue weighted by Gasteiger charge is 2.21. The summed E-state index contributed by atoms with van der Waals surface area (Å²) in [7, 11) is -3.80. The first-order chi connectivity index (χ1) is 17.6. The molecular weight excluding hydrogens is 506 g/mol. The summed E-state index contributed by atoms with van der Waals surface area (Å²) in [5.74, 6) is 1.07. The predicted octanol–water partition coefficient (Wildman–Crippen LogP) is 6.38. The van der Waals surface area contributed by atoms with Crippen molar-refractivity contribution in [3.05, 3.63) is 78.4 Å². The molecule has 1 aromatic heterocycles. The second kappa shape index (κ2) is 10.9. The van der Waals surface area contributed by atoms with E-state index in [1.165, 1.54) is 0 Å². The number of carbonyl (C=O) groups is 1. The van der Waals surface area contributed by atoms with E-state index in [9.17, 15) is 13.2 Å². The van der Waals surface area contributed by atoms with Gasteiger partial charge in [0.2, 0.25) is 5.88 Å². The molecule has 0 saturated heterocycles. The van der Waals surface area contributed by atoms with E-state index in [0.717, 1.165) is 22.3 Å². The van der Waals surface area contributed by atoms with E-state index in [0.29, 0.717) is 29.2 Å². The molecule has 0 bridgehead atoms. The first-order valence-electron chi connectivity index (χ1n) is 11.9. The lowest BCUT2D eigenvalue weighted by atomic mass is 9.87. The highest BCUT2D eigenvalue weighted by Crippen LogP contribution is 2.39. The van der Waals surface area contributed by atoms with Crippen LogP contribution in [0.3, 0.4) is 0 Å². The number of benzene rings is 3. The molecule has 0 unspecified atom stereocenters. The van der Waals surface area contributed by atoms with Gasteiger partial charge in [-0.05, 0) is 53.1 Å². The lowest BCUT2D eigenvalue weighted by molar-refractivity contribution is 0.200. The molecule has 3 N–H and O–H groups in total. The maximum absolute atomic E-state index is 13.1. The number of aromatic nitrogens is 1. The monoisotopic (exact) mass is 537 g/mol. The van der Waals surface area contributed by atoms with Crippen molar-refractivity contribution in [3.63, 3.8) is 0 Å². The zero-order valence-electron chi connectivity index (χ0n) is 21.3. The Balaban J connectivity index is 1.68. The summed E-state index contributed by atoms with van der Waals surface area (Å²) in [6, 6.07) is 21.6. The van der Waals surface area contributed by atoms with Crippen molar-refractivity contribution >= 4 is 44.5 Å². The van der Waals surface area contributed by atoms with Crippen molar-refractivity contribution in [2.45, 2.75) is 31.1 Å². The van der Waals surface area contributed by atoms with Gasteiger partial charge in [-0.3, -0.25) is 4.72 Å². The van der Waals surface area contributed by atoms with E-state index in [1.807, 2.05) is 48.7 Å². The van der Waals surface area contributed by atoms with E-state index in [-0.39, 0.29) is 10.3 Å². The molecule has 3 aromatic carbocycles. The van der Waals surface area contributed by atoms with Crippen molar-refractivity contribution in [3.8, 4) is 17.0 Å². The molecule has 0 radical (unpaired) electrons. The van der Waals surface area contributed by atoms with Crippen LogP contribution in [0.5, 0.6) is 5.88 Å². The molecule has 0 atom stereocenters. The van der Waals surface area contributed by atoms with Crippen LogP contribution >= 0.6 is 11.8 Å². The maximum atomic E-state index is 13.1. The molecule has 1 heterocycles. The van der Waals surface area contributed by atoms with Crippen LogP contribution < -0.4 is 14.8 Å². The highest BCUT2D eigenvalue weighted by molar-refractivity contribution is 7.98. The molecule has 4 rings (SSSR count). The number of amides is 1. The Bertz CT molecular complexity index is 1490. The average Bonchev–Trinajstić information content (AvgIpc) is 3.21. The number of H-pyrrole nitrogens is 1.